The number of amides is 1. The first-order valence-corrected chi connectivity index (χ1v) is 42.4. The molecule has 6 nitrogen and oxygen atoms in total. The Balaban J connectivity index is 3.32. The molecular weight excluding hydrogens is 1110 g/mol. The first-order valence-electron chi connectivity index (χ1n) is 42.4. The van der Waals surface area contributed by atoms with Gasteiger partial charge in [-0.3, -0.25) is 9.59 Å². The van der Waals surface area contributed by atoms with Gasteiger partial charge in [0.15, 0.2) is 0 Å². The molecule has 0 saturated carbocycles. The van der Waals surface area contributed by atoms with Crippen molar-refractivity contribution in [3.63, 3.8) is 0 Å². The first-order chi connectivity index (χ1) is 45.0. The number of ether oxygens (including phenoxy) is 1. The number of nitrogens with one attached hydrogen (secondary N) is 1. The maximum Gasteiger partial charge on any atom is 0.305 e. The molecule has 0 aliphatic heterocycles. The summed E-state index contributed by atoms with van der Waals surface area (Å²) in [7, 11) is 0. The highest BCUT2D eigenvalue weighted by Gasteiger charge is 2.20. The number of aliphatic hydroxyl groups is 2. The summed E-state index contributed by atoms with van der Waals surface area (Å²) in [6, 6.07) is -0.539. The average molecular weight is 1280 g/mol. The fourth-order valence-corrected chi connectivity index (χ4v) is 13.9. The fraction of sp³-hybridized carbons (Fsp3) is 0.953. The summed E-state index contributed by atoms with van der Waals surface area (Å²) in [6.45, 7) is 5.02. The maximum atomic E-state index is 12.6. The van der Waals surface area contributed by atoms with Crippen molar-refractivity contribution in [1.29, 1.82) is 0 Å². The Hall–Kier alpha value is -1.40. The summed E-state index contributed by atoms with van der Waals surface area (Å²) in [4.78, 5) is 24.7. The van der Waals surface area contributed by atoms with E-state index < -0.39 is 12.1 Å². The van der Waals surface area contributed by atoms with Gasteiger partial charge in [0.2, 0.25) is 5.91 Å². The van der Waals surface area contributed by atoms with E-state index in [2.05, 4.69) is 31.3 Å². The molecule has 91 heavy (non-hydrogen) atoms. The lowest BCUT2D eigenvalue weighted by atomic mass is 10.0. The zero-order chi connectivity index (χ0) is 65.6. The Labute approximate surface area is 571 Å². The normalized spacial score (nSPS) is 12.4. The Morgan fingerprint density at radius 1 is 0.297 bits per heavy atom. The standard InChI is InChI=1S/C85H167NO5/c1-3-5-7-9-11-13-15-17-19-21-22-42-46-49-53-57-61-65-69-73-77-83(88)82(81-87)86-84(89)78-74-70-66-62-58-54-50-47-43-40-38-36-34-32-30-28-26-24-23-25-27-29-31-33-35-37-39-41-44-48-52-56-60-64-68-72-76-80-91-85(90)79-75-71-67-63-59-55-51-45-20-18-16-14-12-10-8-6-4-2/h23,25,82-83,87-88H,3-22,24,26-81H2,1-2H3,(H,86,89)/b25-23-. The minimum absolute atomic E-state index is 0.0252. The van der Waals surface area contributed by atoms with Crippen LogP contribution in [0.3, 0.4) is 0 Å². The van der Waals surface area contributed by atoms with Gasteiger partial charge in [-0.25, -0.2) is 0 Å². The van der Waals surface area contributed by atoms with E-state index in [-0.39, 0.29) is 18.5 Å². The van der Waals surface area contributed by atoms with E-state index in [1.54, 1.807) is 0 Å². The van der Waals surface area contributed by atoms with Crippen molar-refractivity contribution < 1.29 is 24.5 Å². The summed E-state index contributed by atoms with van der Waals surface area (Å²) in [5.74, 6) is 0.00161. The third kappa shape index (κ3) is 77.5. The molecule has 2 unspecified atom stereocenters. The Bertz CT molecular complexity index is 1380. The van der Waals surface area contributed by atoms with Crippen molar-refractivity contribution in [3.05, 3.63) is 12.2 Å². The predicted octanol–water partition coefficient (Wildman–Crippen LogP) is 28.2. The van der Waals surface area contributed by atoms with Crippen LogP contribution in [0.15, 0.2) is 12.2 Å². The lowest BCUT2D eigenvalue weighted by Crippen LogP contribution is -2.45. The number of hydrogen-bond acceptors (Lipinski definition) is 5. The van der Waals surface area contributed by atoms with Crippen LogP contribution < -0.4 is 5.32 Å². The lowest BCUT2D eigenvalue weighted by molar-refractivity contribution is -0.143. The van der Waals surface area contributed by atoms with Crippen LogP contribution in [0.1, 0.15) is 495 Å². The SMILES string of the molecule is CCCCCCCCCCCCCCCCCCCCCCC(O)C(CO)NC(=O)CCCCCCCCCCCCCCCCCCC/C=C\CCCCCCCCCCCCCCCCCCOC(=O)CCCCCCCCCCCCCCCCCCC. The number of carbonyl (C=O) groups is 2. The molecular formula is C85H167NO5. The minimum atomic E-state index is -0.662. The molecule has 0 heterocycles. The number of aliphatic hydroxyl groups excluding tert-OH is 2. The van der Waals surface area contributed by atoms with Gasteiger partial charge in [0.25, 0.3) is 0 Å². The van der Waals surface area contributed by atoms with Crippen LogP contribution in [0.2, 0.25) is 0 Å². The van der Waals surface area contributed by atoms with E-state index in [1.165, 1.54) is 424 Å². The molecule has 3 N–H and O–H groups in total. The average Bonchev–Trinajstić information content (AvgIpc) is 3.64. The second kappa shape index (κ2) is 81.0. The summed E-state index contributed by atoms with van der Waals surface area (Å²) >= 11 is 0. The van der Waals surface area contributed by atoms with Crippen LogP contribution in [-0.4, -0.2) is 47.4 Å². The quantitative estimate of drug-likeness (QED) is 0.0320. The highest BCUT2D eigenvalue weighted by atomic mass is 16.5. The number of hydrogen-bond donors (Lipinski definition) is 3. The molecule has 2 atom stereocenters. The second-order valence-electron chi connectivity index (χ2n) is 29.5. The summed E-state index contributed by atoms with van der Waals surface area (Å²) in [5.41, 5.74) is 0. The largest absolute Gasteiger partial charge is 0.466 e. The maximum absolute atomic E-state index is 12.6. The van der Waals surface area contributed by atoms with Crippen molar-refractivity contribution in [3.8, 4) is 0 Å². The van der Waals surface area contributed by atoms with Gasteiger partial charge in [-0.1, -0.05) is 443 Å². The van der Waals surface area contributed by atoms with Crippen molar-refractivity contribution in [2.24, 2.45) is 0 Å². The van der Waals surface area contributed by atoms with Gasteiger partial charge in [0, 0.05) is 12.8 Å². The van der Waals surface area contributed by atoms with Gasteiger partial charge in [-0.2, -0.15) is 0 Å². The highest BCUT2D eigenvalue weighted by Crippen LogP contribution is 2.21. The Kier molecular flexibility index (Phi) is 79.8. The molecule has 0 rings (SSSR count). The van der Waals surface area contributed by atoms with Crippen LogP contribution in [0, 0.1) is 0 Å². The molecule has 0 aliphatic carbocycles. The molecule has 0 saturated heterocycles. The summed E-state index contributed by atoms with van der Waals surface area (Å²) in [5, 5.41) is 23.5. The van der Waals surface area contributed by atoms with Gasteiger partial charge in [0.1, 0.15) is 0 Å². The molecule has 0 aliphatic rings. The molecule has 0 radical (unpaired) electrons. The number of unbranched alkanes of at least 4 members (excludes halogenated alkanes) is 68. The number of allylic oxidation sites excluding steroid dienone is 2. The zero-order valence-corrected chi connectivity index (χ0v) is 62.4. The highest BCUT2D eigenvalue weighted by molar-refractivity contribution is 5.76. The molecule has 0 bridgehead atoms. The van der Waals surface area contributed by atoms with Gasteiger partial charge in [-0.05, 0) is 51.4 Å². The molecule has 542 valence electrons. The van der Waals surface area contributed by atoms with Crippen LogP contribution in [0.5, 0.6) is 0 Å². The van der Waals surface area contributed by atoms with Gasteiger partial charge < -0.3 is 20.3 Å². The van der Waals surface area contributed by atoms with E-state index >= 15 is 0 Å². The monoisotopic (exact) mass is 1280 g/mol. The smallest absolute Gasteiger partial charge is 0.305 e. The van der Waals surface area contributed by atoms with Crippen LogP contribution >= 0.6 is 0 Å². The molecule has 0 aromatic rings. The van der Waals surface area contributed by atoms with E-state index in [0.717, 1.165) is 38.5 Å². The third-order valence-electron chi connectivity index (χ3n) is 20.3. The topological polar surface area (TPSA) is 95.9 Å². The van der Waals surface area contributed by atoms with Crippen LogP contribution in [0.4, 0.5) is 0 Å². The van der Waals surface area contributed by atoms with E-state index in [0.29, 0.717) is 25.9 Å². The minimum Gasteiger partial charge on any atom is -0.466 e. The van der Waals surface area contributed by atoms with Crippen molar-refractivity contribution in [2.75, 3.05) is 13.2 Å². The molecule has 0 fully saturated rings. The molecule has 0 aromatic heterocycles. The lowest BCUT2D eigenvalue weighted by Gasteiger charge is -2.22. The first kappa shape index (κ1) is 89.6. The predicted molar refractivity (Wildman–Crippen MR) is 403 cm³/mol. The zero-order valence-electron chi connectivity index (χ0n) is 62.4. The van der Waals surface area contributed by atoms with Crippen LogP contribution in [0.25, 0.3) is 0 Å². The number of esters is 1. The third-order valence-corrected chi connectivity index (χ3v) is 20.3. The molecule has 6 heteroatoms. The number of rotatable bonds is 81. The van der Waals surface area contributed by atoms with Gasteiger partial charge in [0.05, 0.1) is 25.4 Å². The van der Waals surface area contributed by atoms with Gasteiger partial charge in [-0.15, -0.1) is 0 Å². The summed E-state index contributed by atoms with van der Waals surface area (Å²) in [6.07, 6.45) is 103. The van der Waals surface area contributed by atoms with E-state index in [4.69, 9.17) is 4.74 Å². The fourth-order valence-electron chi connectivity index (χ4n) is 13.9. The summed E-state index contributed by atoms with van der Waals surface area (Å²) < 4.78 is 5.52. The van der Waals surface area contributed by atoms with E-state index in [1.807, 2.05) is 0 Å². The van der Waals surface area contributed by atoms with E-state index in [9.17, 15) is 19.8 Å². The van der Waals surface area contributed by atoms with Gasteiger partial charge >= 0.3 is 5.97 Å². The van der Waals surface area contributed by atoms with Crippen molar-refractivity contribution in [2.45, 2.75) is 508 Å². The second-order valence-corrected chi connectivity index (χ2v) is 29.5. The Morgan fingerprint density at radius 2 is 0.516 bits per heavy atom. The molecule has 0 spiro atoms. The molecule has 1 amide bonds. The number of carbonyl (C=O) groups excluding carboxylic acids is 2. The Morgan fingerprint density at radius 3 is 0.780 bits per heavy atom. The van der Waals surface area contributed by atoms with Crippen molar-refractivity contribution >= 4 is 11.9 Å². The van der Waals surface area contributed by atoms with Crippen molar-refractivity contribution in [1.82, 2.24) is 5.32 Å². The van der Waals surface area contributed by atoms with Crippen LogP contribution in [-0.2, 0) is 14.3 Å². The molecule has 0 aromatic carbocycles.